The first-order valence-corrected chi connectivity index (χ1v) is 8.08. The second-order valence-corrected chi connectivity index (χ2v) is 5.97. The highest BCUT2D eigenvalue weighted by molar-refractivity contribution is 7.89. The summed E-state index contributed by atoms with van der Waals surface area (Å²) in [4.78, 5) is 11.7. The van der Waals surface area contributed by atoms with E-state index in [-0.39, 0.29) is 29.8 Å². The molecule has 22 heavy (non-hydrogen) atoms. The number of hydrogen-bond donors (Lipinski definition) is 3. The molecule has 0 heterocycles. The zero-order valence-electron chi connectivity index (χ0n) is 12.6. The number of sulfonamides is 1. The van der Waals surface area contributed by atoms with E-state index < -0.39 is 10.0 Å². The summed E-state index contributed by atoms with van der Waals surface area (Å²) >= 11 is 0. The molecule has 0 aliphatic carbocycles. The van der Waals surface area contributed by atoms with Crippen LogP contribution in [0.15, 0.2) is 23.1 Å². The standard InChI is InChI=1S/C13H21N3O4S.ClH/c1-3-10-4-5-11(8-12(10)21(14,18)19)16-13(17)9-15-6-7-20-2;/h4-5,8,15H,3,6-7,9H2,1-2H3,(H,16,17)(H2,14,18,19);1H. The fourth-order valence-corrected chi connectivity index (χ4v) is 2.64. The first-order chi connectivity index (χ1) is 9.88. The van der Waals surface area contributed by atoms with Crippen molar-refractivity contribution in [2.75, 3.05) is 32.1 Å². The number of carbonyl (C=O) groups is 1. The fraction of sp³-hybridized carbons (Fsp3) is 0.462. The molecule has 1 amide bonds. The number of methoxy groups -OCH3 is 1. The Morgan fingerprint density at radius 3 is 2.59 bits per heavy atom. The second kappa shape index (κ2) is 9.75. The summed E-state index contributed by atoms with van der Waals surface area (Å²) in [6.07, 6.45) is 0.540. The normalized spacial score (nSPS) is 10.9. The lowest BCUT2D eigenvalue weighted by molar-refractivity contribution is -0.115. The van der Waals surface area contributed by atoms with Crippen LogP contribution in [0.3, 0.4) is 0 Å². The summed E-state index contributed by atoms with van der Waals surface area (Å²) in [5.74, 6) is -0.268. The largest absolute Gasteiger partial charge is 0.383 e. The van der Waals surface area contributed by atoms with Crippen LogP contribution in [0.1, 0.15) is 12.5 Å². The van der Waals surface area contributed by atoms with Crippen molar-refractivity contribution in [3.05, 3.63) is 23.8 Å². The van der Waals surface area contributed by atoms with Gasteiger partial charge >= 0.3 is 0 Å². The quantitative estimate of drug-likeness (QED) is 0.590. The summed E-state index contributed by atoms with van der Waals surface area (Å²) in [5, 5.41) is 10.7. The van der Waals surface area contributed by atoms with Gasteiger partial charge in [0.25, 0.3) is 0 Å². The van der Waals surface area contributed by atoms with Gasteiger partial charge in [0.05, 0.1) is 18.0 Å². The number of aryl methyl sites for hydroxylation is 1. The molecule has 0 radical (unpaired) electrons. The molecule has 0 fully saturated rings. The SMILES string of the molecule is CCc1ccc(NC(=O)CNCCOC)cc1S(N)(=O)=O.Cl. The van der Waals surface area contributed by atoms with Crippen molar-refractivity contribution >= 4 is 34.0 Å². The highest BCUT2D eigenvalue weighted by Crippen LogP contribution is 2.20. The van der Waals surface area contributed by atoms with Gasteiger partial charge in [-0.25, -0.2) is 13.6 Å². The molecular weight excluding hydrogens is 330 g/mol. The van der Waals surface area contributed by atoms with E-state index in [2.05, 4.69) is 10.6 Å². The third kappa shape index (κ3) is 6.71. The van der Waals surface area contributed by atoms with Crippen LogP contribution in [0.2, 0.25) is 0 Å². The third-order valence-electron chi connectivity index (χ3n) is 2.81. The van der Waals surface area contributed by atoms with Crippen LogP contribution >= 0.6 is 12.4 Å². The Labute approximate surface area is 137 Å². The van der Waals surface area contributed by atoms with E-state index in [1.54, 1.807) is 19.2 Å². The van der Waals surface area contributed by atoms with E-state index in [0.717, 1.165) is 0 Å². The van der Waals surface area contributed by atoms with Gasteiger partial charge in [-0.1, -0.05) is 13.0 Å². The van der Waals surface area contributed by atoms with Crippen LogP contribution in [-0.4, -0.2) is 41.1 Å². The predicted octanol–water partition coefficient (Wildman–Crippen LogP) is 0.493. The Morgan fingerprint density at radius 2 is 2.05 bits per heavy atom. The minimum absolute atomic E-state index is 0. The summed E-state index contributed by atoms with van der Waals surface area (Å²) < 4.78 is 27.9. The molecule has 9 heteroatoms. The summed E-state index contributed by atoms with van der Waals surface area (Å²) in [5.41, 5.74) is 1.02. The van der Waals surface area contributed by atoms with Crippen molar-refractivity contribution in [2.24, 2.45) is 5.14 Å². The van der Waals surface area contributed by atoms with E-state index in [9.17, 15) is 13.2 Å². The van der Waals surface area contributed by atoms with Crippen LogP contribution in [0, 0.1) is 0 Å². The van der Waals surface area contributed by atoms with Crippen LogP contribution in [0.5, 0.6) is 0 Å². The van der Waals surface area contributed by atoms with Crippen LogP contribution in [-0.2, 0) is 26.0 Å². The molecule has 0 bridgehead atoms. The molecule has 4 N–H and O–H groups in total. The lowest BCUT2D eigenvalue weighted by Gasteiger charge is -2.10. The second-order valence-electron chi connectivity index (χ2n) is 4.44. The minimum atomic E-state index is -3.81. The molecule has 0 spiro atoms. The third-order valence-corrected chi connectivity index (χ3v) is 3.80. The number of rotatable bonds is 8. The molecule has 0 unspecified atom stereocenters. The molecule has 0 atom stereocenters. The summed E-state index contributed by atoms with van der Waals surface area (Å²) in [6.45, 7) is 3.01. The number of carbonyl (C=O) groups excluding carboxylic acids is 1. The summed E-state index contributed by atoms with van der Waals surface area (Å²) in [6, 6.07) is 4.68. The Morgan fingerprint density at radius 1 is 1.36 bits per heavy atom. The number of hydrogen-bond acceptors (Lipinski definition) is 5. The number of amides is 1. The van der Waals surface area contributed by atoms with Crippen molar-refractivity contribution in [2.45, 2.75) is 18.2 Å². The van der Waals surface area contributed by atoms with Crippen molar-refractivity contribution in [1.29, 1.82) is 0 Å². The molecule has 0 saturated heterocycles. The lowest BCUT2D eigenvalue weighted by atomic mass is 10.1. The average Bonchev–Trinajstić information content (AvgIpc) is 2.42. The maximum Gasteiger partial charge on any atom is 0.238 e. The Hall–Kier alpha value is -1.19. The van der Waals surface area contributed by atoms with Crippen LogP contribution < -0.4 is 15.8 Å². The van der Waals surface area contributed by atoms with Crippen molar-refractivity contribution < 1.29 is 17.9 Å². The number of nitrogens with two attached hydrogens (primary N) is 1. The molecule has 7 nitrogen and oxygen atoms in total. The zero-order chi connectivity index (χ0) is 15.9. The number of ether oxygens (including phenoxy) is 1. The van der Waals surface area contributed by atoms with Gasteiger partial charge in [-0.2, -0.15) is 0 Å². The fourth-order valence-electron chi connectivity index (χ4n) is 1.77. The van der Waals surface area contributed by atoms with Crippen LogP contribution in [0.4, 0.5) is 5.69 Å². The summed E-state index contributed by atoms with van der Waals surface area (Å²) in [7, 11) is -2.24. The predicted molar refractivity (Wildman–Crippen MR) is 87.8 cm³/mol. The molecule has 1 aromatic rings. The average molecular weight is 352 g/mol. The smallest absolute Gasteiger partial charge is 0.238 e. The number of halogens is 1. The first kappa shape index (κ1) is 20.8. The van der Waals surface area contributed by atoms with Gasteiger partial charge in [0, 0.05) is 19.3 Å². The van der Waals surface area contributed by atoms with Gasteiger partial charge in [0.1, 0.15) is 0 Å². The molecule has 0 aliphatic heterocycles. The molecule has 0 aliphatic rings. The van der Waals surface area contributed by atoms with Gasteiger partial charge in [-0.3, -0.25) is 4.79 Å². The van der Waals surface area contributed by atoms with Crippen LogP contribution in [0.25, 0.3) is 0 Å². The molecular formula is C13H22ClN3O4S. The van der Waals surface area contributed by atoms with Gasteiger partial charge in [-0.15, -0.1) is 12.4 Å². The number of anilines is 1. The van der Waals surface area contributed by atoms with Gasteiger partial charge in [0.15, 0.2) is 0 Å². The Balaban J connectivity index is 0.00000441. The van der Waals surface area contributed by atoms with Crippen molar-refractivity contribution in [3.63, 3.8) is 0 Å². The maximum absolute atomic E-state index is 11.7. The Bertz CT molecular complexity index is 593. The molecule has 1 rings (SSSR count). The van der Waals surface area contributed by atoms with E-state index in [4.69, 9.17) is 9.88 Å². The van der Waals surface area contributed by atoms with Gasteiger partial charge in [0.2, 0.25) is 15.9 Å². The first-order valence-electron chi connectivity index (χ1n) is 6.53. The molecule has 0 saturated carbocycles. The van der Waals surface area contributed by atoms with Gasteiger partial charge in [-0.05, 0) is 24.1 Å². The monoisotopic (exact) mass is 351 g/mol. The Kier molecular flexibility index (Phi) is 9.22. The van der Waals surface area contributed by atoms with Crippen molar-refractivity contribution in [3.8, 4) is 0 Å². The van der Waals surface area contributed by atoms with Crippen molar-refractivity contribution in [1.82, 2.24) is 5.32 Å². The van der Waals surface area contributed by atoms with Gasteiger partial charge < -0.3 is 15.4 Å². The molecule has 126 valence electrons. The molecule has 1 aromatic carbocycles. The minimum Gasteiger partial charge on any atom is -0.383 e. The topological polar surface area (TPSA) is 111 Å². The highest BCUT2D eigenvalue weighted by Gasteiger charge is 2.14. The zero-order valence-corrected chi connectivity index (χ0v) is 14.2. The number of benzene rings is 1. The number of nitrogens with one attached hydrogen (secondary N) is 2. The lowest BCUT2D eigenvalue weighted by Crippen LogP contribution is -2.30. The maximum atomic E-state index is 11.7. The van der Waals surface area contributed by atoms with E-state index in [0.29, 0.717) is 30.8 Å². The van der Waals surface area contributed by atoms with E-state index >= 15 is 0 Å². The van der Waals surface area contributed by atoms with E-state index in [1.165, 1.54) is 6.07 Å². The number of primary sulfonamides is 1. The highest BCUT2D eigenvalue weighted by atomic mass is 35.5. The van der Waals surface area contributed by atoms with E-state index in [1.807, 2.05) is 6.92 Å². The molecule has 0 aromatic heterocycles.